The van der Waals surface area contributed by atoms with Crippen molar-refractivity contribution in [3.05, 3.63) is 102 Å². The van der Waals surface area contributed by atoms with Gasteiger partial charge in [-0.2, -0.15) is 10.2 Å². The summed E-state index contributed by atoms with van der Waals surface area (Å²) < 4.78 is 3.43. The zero-order valence-corrected chi connectivity index (χ0v) is 25.9. The molecule has 2 amide bonds. The molecule has 45 heavy (non-hydrogen) atoms. The number of hydrogen-bond donors (Lipinski definition) is 4. The fraction of sp³-hybridized carbons (Fsp3) is 0.200. The average Bonchev–Trinajstić information content (AvgIpc) is 3.62. The standard InChI is InChI=1S/C18H20N4O.C17H18N4O/c1-11(2)10-22-17(19)15(18(20)23)16(21-22)14-8-7-12-5-3-4-6-13(12)9-14;1-11(2)21-10-15(17(22)19-18)16(20-21)14-8-7-12-5-3-4-6-13(12)9-14/h3-9,11H,10,19H2,1-2H3,(H2,20,23);3-11H,18H2,1-2H3,(H,19,22). The lowest BCUT2D eigenvalue weighted by atomic mass is 10.0. The molecule has 7 N–H and O–H groups in total. The van der Waals surface area contributed by atoms with Crippen molar-refractivity contribution >= 4 is 39.2 Å². The summed E-state index contributed by atoms with van der Waals surface area (Å²) in [6.45, 7) is 8.81. The molecule has 0 saturated heterocycles. The number of carbonyl (C=O) groups is 2. The minimum atomic E-state index is -0.555. The molecule has 6 rings (SSSR count). The second kappa shape index (κ2) is 13.0. The Bertz CT molecular complexity index is 2000. The van der Waals surface area contributed by atoms with Gasteiger partial charge >= 0.3 is 0 Å². The van der Waals surface area contributed by atoms with Crippen molar-refractivity contribution in [3.63, 3.8) is 0 Å². The molecular formula is C35H38N8O2. The second-order valence-electron chi connectivity index (χ2n) is 11.6. The van der Waals surface area contributed by atoms with E-state index in [0.29, 0.717) is 40.8 Å². The van der Waals surface area contributed by atoms with E-state index < -0.39 is 5.91 Å². The van der Waals surface area contributed by atoms with Gasteiger partial charge in [0.2, 0.25) is 0 Å². The average molecular weight is 603 g/mol. The van der Waals surface area contributed by atoms with E-state index in [1.54, 1.807) is 15.6 Å². The van der Waals surface area contributed by atoms with E-state index in [1.165, 1.54) is 0 Å². The number of nitrogens with two attached hydrogens (primary N) is 3. The molecule has 0 fully saturated rings. The molecule has 2 heterocycles. The van der Waals surface area contributed by atoms with Crippen LogP contribution in [-0.4, -0.2) is 31.4 Å². The summed E-state index contributed by atoms with van der Waals surface area (Å²) >= 11 is 0. The van der Waals surface area contributed by atoms with E-state index in [0.717, 1.165) is 32.7 Å². The van der Waals surface area contributed by atoms with E-state index in [2.05, 4.69) is 35.5 Å². The van der Waals surface area contributed by atoms with Gasteiger partial charge in [0.15, 0.2) is 0 Å². The van der Waals surface area contributed by atoms with Gasteiger partial charge < -0.3 is 11.5 Å². The third-order valence-electron chi connectivity index (χ3n) is 7.46. The highest BCUT2D eigenvalue weighted by Gasteiger charge is 2.22. The Morgan fingerprint density at radius 2 is 1.31 bits per heavy atom. The third-order valence-corrected chi connectivity index (χ3v) is 7.46. The number of carbonyl (C=O) groups excluding carboxylic acids is 2. The predicted molar refractivity (Wildman–Crippen MR) is 180 cm³/mol. The highest BCUT2D eigenvalue weighted by molar-refractivity contribution is 6.04. The molecule has 6 aromatic rings. The number of benzene rings is 4. The summed E-state index contributed by atoms with van der Waals surface area (Å²) in [5.74, 6) is 5.09. The number of primary amides is 1. The maximum Gasteiger partial charge on any atom is 0.269 e. The van der Waals surface area contributed by atoms with E-state index in [-0.39, 0.29) is 11.9 Å². The van der Waals surface area contributed by atoms with Gasteiger partial charge in [-0.25, -0.2) is 10.5 Å². The van der Waals surface area contributed by atoms with Crippen molar-refractivity contribution in [1.29, 1.82) is 0 Å². The van der Waals surface area contributed by atoms with E-state index in [1.807, 2.05) is 92.7 Å². The maximum absolute atomic E-state index is 12.0. The van der Waals surface area contributed by atoms with Crippen molar-refractivity contribution in [1.82, 2.24) is 25.0 Å². The van der Waals surface area contributed by atoms with E-state index >= 15 is 0 Å². The van der Waals surface area contributed by atoms with Crippen LogP contribution in [0.3, 0.4) is 0 Å². The monoisotopic (exact) mass is 602 g/mol. The number of anilines is 1. The normalized spacial score (nSPS) is 11.2. The molecule has 230 valence electrons. The summed E-state index contributed by atoms with van der Waals surface area (Å²) in [4.78, 5) is 23.9. The van der Waals surface area contributed by atoms with Crippen LogP contribution in [0.15, 0.2) is 91.1 Å². The molecule has 0 saturated carbocycles. The molecule has 2 aromatic heterocycles. The highest BCUT2D eigenvalue weighted by Crippen LogP contribution is 2.30. The number of nitrogens with one attached hydrogen (secondary N) is 1. The van der Waals surface area contributed by atoms with Gasteiger partial charge in [0.05, 0.1) is 5.56 Å². The second-order valence-corrected chi connectivity index (χ2v) is 11.6. The lowest BCUT2D eigenvalue weighted by molar-refractivity contribution is 0.0952. The van der Waals surface area contributed by atoms with Crippen molar-refractivity contribution < 1.29 is 9.59 Å². The molecule has 4 aromatic carbocycles. The lowest BCUT2D eigenvalue weighted by Crippen LogP contribution is -2.30. The first-order valence-corrected chi connectivity index (χ1v) is 14.8. The molecule has 0 aliphatic rings. The molecule has 10 nitrogen and oxygen atoms in total. The summed E-state index contributed by atoms with van der Waals surface area (Å²) in [7, 11) is 0. The quantitative estimate of drug-likeness (QED) is 0.101. The number of amides is 2. The van der Waals surface area contributed by atoms with Gasteiger partial charge in [0.25, 0.3) is 11.8 Å². The lowest BCUT2D eigenvalue weighted by Gasteiger charge is -2.06. The molecule has 0 spiro atoms. The number of rotatable bonds is 7. The smallest absolute Gasteiger partial charge is 0.269 e. The molecule has 0 atom stereocenters. The van der Waals surface area contributed by atoms with Crippen molar-refractivity contribution in [3.8, 4) is 22.5 Å². The minimum absolute atomic E-state index is 0.165. The van der Waals surface area contributed by atoms with Crippen molar-refractivity contribution in [2.24, 2.45) is 17.5 Å². The van der Waals surface area contributed by atoms with Gasteiger partial charge in [-0.05, 0) is 53.4 Å². The largest absolute Gasteiger partial charge is 0.383 e. The molecule has 0 bridgehead atoms. The Morgan fingerprint density at radius 1 is 0.778 bits per heavy atom. The number of hydrazine groups is 1. The van der Waals surface area contributed by atoms with Crippen LogP contribution in [0.1, 0.15) is 54.5 Å². The summed E-state index contributed by atoms with van der Waals surface area (Å²) in [5.41, 5.74) is 17.5. The fourth-order valence-corrected chi connectivity index (χ4v) is 5.19. The zero-order valence-electron chi connectivity index (χ0n) is 25.9. The van der Waals surface area contributed by atoms with Crippen LogP contribution in [0.2, 0.25) is 0 Å². The number of nitrogens with zero attached hydrogens (tertiary/aromatic N) is 4. The molecule has 0 aliphatic carbocycles. The predicted octanol–water partition coefficient (Wildman–Crippen LogP) is 5.93. The van der Waals surface area contributed by atoms with Crippen molar-refractivity contribution in [2.75, 3.05) is 5.73 Å². The van der Waals surface area contributed by atoms with Crippen LogP contribution in [0.5, 0.6) is 0 Å². The van der Waals surface area contributed by atoms with Crippen LogP contribution in [0.25, 0.3) is 44.1 Å². The highest BCUT2D eigenvalue weighted by atomic mass is 16.2. The Hall–Kier alpha value is -5.48. The zero-order chi connectivity index (χ0) is 32.2. The topological polar surface area (TPSA) is 160 Å². The summed E-state index contributed by atoms with van der Waals surface area (Å²) in [6.07, 6.45) is 1.73. The Kier molecular flexibility index (Phi) is 8.96. The number of fused-ring (bicyclic) bond motifs is 2. The first-order valence-electron chi connectivity index (χ1n) is 14.8. The minimum Gasteiger partial charge on any atom is -0.383 e. The summed E-state index contributed by atoms with van der Waals surface area (Å²) in [5, 5.41) is 13.6. The fourth-order valence-electron chi connectivity index (χ4n) is 5.19. The SMILES string of the molecule is CC(C)Cn1nc(-c2ccc3ccccc3c2)c(C(N)=O)c1N.CC(C)n1cc(C(=O)NN)c(-c2ccc3ccccc3c2)n1. The number of aromatic nitrogens is 4. The van der Waals surface area contributed by atoms with Gasteiger partial charge in [-0.3, -0.25) is 19.7 Å². The van der Waals surface area contributed by atoms with Crippen molar-refractivity contribution in [2.45, 2.75) is 40.3 Å². The van der Waals surface area contributed by atoms with Crippen LogP contribution < -0.4 is 22.7 Å². The van der Waals surface area contributed by atoms with Crippen LogP contribution in [0.4, 0.5) is 5.82 Å². The van der Waals surface area contributed by atoms with Crippen LogP contribution in [0, 0.1) is 5.92 Å². The van der Waals surface area contributed by atoms with Gasteiger partial charge in [-0.15, -0.1) is 0 Å². The first kappa shape index (κ1) is 31.0. The Morgan fingerprint density at radius 3 is 1.80 bits per heavy atom. The Balaban J connectivity index is 0.000000178. The first-order chi connectivity index (χ1) is 21.6. The molecular weight excluding hydrogens is 564 g/mol. The molecule has 0 radical (unpaired) electrons. The van der Waals surface area contributed by atoms with E-state index in [9.17, 15) is 9.59 Å². The number of hydrogen-bond acceptors (Lipinski definition) is 6. The van der Waals surface area contributed by atoms with Crippen LogP contribution >= 0.6 is 0 Å². The van der Waals surface area contributed by atoms with Gasteiger partial charge in [-0.1, -0.05) is 86.6 Å². The third kappa shape index (κ3) is 6.56. The Labute approximate surface area is 261 Å². The number of nitrogen functional groups attached to an aromatic ring is 2. The maximum atomic E-state index is 12.0. The molecule has 10 heteroatoms. The van der Waals surface area contributed by atoms with Crippen LogP contribution in [-0.2, 0) is 6.54 Å². The molecule has 0 unspecified atom stereocenters. The molecule has 0 aliphatic heterocycles. The summed E-state index contributed by atoms with van der Waals surface area (Å²) in [6, 6.07) is 28.3. The van der Waals surface area contributed by atoms with E-state index in [4.69, 9.17) is 17.3 Å². The van der Waals surface area contributed by atoms with Gasteiger partial charge in [0.1, 0.15) is 22.8 Å². The van der Waals surface area contributed by atoms with Gasteiger partial charge in [0, 0.05) is 29.9 Å².